The molecule has 1 atom stereocenters. The second-order valence-corrected chi connectivity index (χ2v) is 6.03. The van der Waals surface area contributed by atoms with Crippen molar-refractivity contribution in [2.24, 2.45) is 0 Å². The summed E-state index contributed by atoms with van der Waals surface area (Å²) in [6.45, 7) is 4.19. The normalized spacial score (nSPS) is 20.3. The fourth-order valence-corrected chi connectivity index (χ4v) is 3.43. The summed E-state index contributed by atoms with van der Waals surface area (Å²) in [6.07, 6.45) is 4.25. The maximum absolute atomic E-state index is 10.8. The van der Waals surface area contributed by atoms with Crippen molar-refractivity contribution in [3.63, 3.8) is 0 Å². The Hall–Kier alpha value is -0.860. The molecule has 0 heterocycles. The fourth-order valence-electron chi connectivity index (χ4n) is 3.43. The van der Waals surface area contributed by atoms with Crippen molar-refractivity contribution in [3.05, 3.63) is 34.9 Å². The molecule has 2 rings (SSSR count). The zero-order valence-electron chi connectivity index (χ0n) is 12.0. The Bertz CT molecular complexity index is 399. The summed E-state index contributed by atoms with van der Waals surface area (Å²) < 4.78 is 0. The van der Waals surface area contributed by atoms with Crippen LogP contribution in [0.4, 0.5) is 0 Å². The fraction of sp³-hybridized carbons (Fsp3) is 0.625. The van der Waals surface area contributed by atoms with Gasteiger partial charge in [0.25, 0.3) is 0 Å². The molecule has 0 aliphatic heterocycles. The first-order valence-electron chi connectivity index (χ1n) is 6.89. The van der Waals surface area contributed by atoms with Crippen LogP contribution in [0.25, 0.3) is 0 Å². The lowest BCUT2D eigenvalue weighted by Gasteiger charge is -2.41. The van der Waals surface area contributed by atoms with Crippen molar-refractivity contribution < 1.29 is 5.11 Å². The van der Waals surface area contributed by atoms with Crippen LogP contribution in [0.15, 0.2) is 18.2 Å². The molecular formula is C16H25NO. The molecule has 100 valence electrons. The van der Waals surface area contributed by atoms with Crippen LogP contribution in [0.5, 0.6) is 0 Å². The van der Waals surface area contributed by atoms with E-state index in [-0.39, 0.29) is 11.6 Å². The Labute approximate surface area is 111 Å². The molecule has 2 heteroatoms. The highest BCUT2D eigenvalue weighted by molar-refractivity contribution is 5.32. The number of likely N-dealkylation sites (N-methyl/N-ethyl adjacent to an activating group) is 1. The van der Waals surface area contributed by atoms with Gasteiger partial charge in [-0.05, 0) is 46.3 Å². The van der Waals surface area contributed by atoms with Gasteiger partial charge in [0, 0.05) is 0 Å². The second kappa shape index (κ2) is 5.02. The van der Waals surface area contributed by atoms with Crippen LogP contribution in [0.2, 0.25) is 0 Å². The molecule has 0 radical (unpaired) electrons. The Morgan fingerprint density at radius 2 is 1.56 bits per heavy atom. The lowest BCUT2D eigenvalue weighted by molar-refractivity contribution is -0.00480. The van der Waals surface area contributed by atoms with Gasteiger partial charge in [-0.2, -0.15) is 0 Å². The van der Waals surface area contributed by atoms with Crippen LogP contribution in [-0.2, 0) is 0 Å². The van der Waals surface area contributed by atoms with Crippen molar-refractivity contribution in [2.75, 3.05) is 14.1 Å². The molecule has 0 bridgehead atoms. The monoisotopic (exact) mass is 247 g/mol. The zero-order chi connectivity index (χ0) is 13.3. The van der Waals surface area contributed by atoms with Gasteiger partial charge < -0.3 is 10.0 Å². The van der Waals surface area contributed by atoms with Gasteiger partial charge in [-0.1, -0.05) is 42.2 Å². The van der Waals surface area contributed by atoms with Gasteiger partial charge in [-0.25, -0.2) is 0 Å². The van der Waals surface area contributed by atoms with Gasteiger partial charge in [-0.3, -0.25) is 0 Å². The first kappa shape index (κ1) is 13.6. The van der Waals surface area contributed by atoms with E-state index in [1.165, 1.54) is 24.0 Å². The minimum atomic E-state index is -0.381. The SMILES string of the molecule is Cc1cc(C)cc(C(O)C2(N(C)C)CCCC2)c1. The summed E-state index contributed by atoms with van der Waals surface area (Å²) in [6, 6.07) is 6.41. The Morgan fingerprint density at radius 1 is 1.06 bits per heavy atom. The van der Waals surface area contributed by atoms with Gasteiger partial charge in [0.05, 0.1) is 11.6 Å². The van der Waals surface area contributed by atoms with Gasteiger partial charge in [0.2, 0.25) is 0 Å². The maximum Gasteiger partial charge on any atom is 0.0973 e. The van der Waals surface area contributed by atoms with Gasteiger partial charge in [0.15, 0.2) is 0 Å². The van der Waals surface area contributed by atoms with Crippen molar-refractivity contribution in [2.45, 2.75) is 51.2 Å². The van der Waals surface area contributed by atoms with Crippen LogP contribution in [0.3, 0.4) is 0 Å². The predicted octanol–water partition coefficient (Wildman–Crippen LogP) is 3.21. The summed E-state index contributed by atoms with van der Waals surface area (Å²) in [5.74, 6) is 0. The molecule has 0 saturated heterocycles. The molecule has 0 aromatic heterocycles. The number of nitrogens with zero attached hydrogens (tertiary/aromatic N) is 1. The largest absolute Gasteiger partial charge is 0.386 e. The average Bonchev–Trinajstić information content (AvgIpc) is 2.76. The molecule has 1 aromatic rings. The van der Waals surface area contributed by atoms with Crippen molar-refractivity contribution in [1.29, 1.82) is 0 Å². The summed E-state index contributed by atoms with van der Waals surface area (Å²) in [5.41, 5.74) is 3.47. The van der Waals surface area contributed by atoms with E-state index in [1.807, 2.05) is 0 Å². The quantitative estimate of drug-likeness (QED) is 0.886. The highest BCUT2D eigenvalue weighted by Gasteiger charge is 2.43. The summed E-state index contributed by atoms with van der Waals surface area (Å²) in [7, 11) is 4.19. The number of aryl methyl sites for hydroxylation is 2. The van der Waals surface area contributed by atoms with Gasteiger partial charge >= 0.3 is 0 Å². The maximum atomic E-state index is 10.8. The zero-order valence-corrected chi connectivity index (χ0v) is 12.0. The predicted molar refractivity (Wildman–Crippen MR) is 75.8 cm³/mol. The Balaban J connectivity index is 2.36. The first-order chi connectivity index (χ1) is 8.45. The Kier molecular flexibility index (Phi) is 3.79. The van der Waals surface area contributed by atoms with E-state index in [2.05, 4.69) is 51.0 Å². The Morgan fingerprint density at radius 3 is 2.00 bits per heavy atom. The van der Waals surface area contributed by atoms with Gasteiger partial charge in [0.1, 0.15) is 0 Å². The van der Waals surface area contributed by atoms with Gasteiger partial charge in [-0.15, -0.1) is 0 Å². The third-order valence-corrected chi connectivity index (χ3v) is 4.43. The molecule has 2 nitrogen and oxygen atoms in total. The molecule has 0 amide bonds. The second-order valence-electron chi connectivity index (χ2n) is 6.03. The number of hydrogen-bond donors (Lipinski definition) is 1. The number of aliphatic hydroxyl groups is 1. The molecule has 1 N–H and O–H groups in total. The number of aliphatic hydroxyl groups excluding tert-OH is 1. The summed E-state index contributed by atoms with van der Waals surface area (Å²) >= 11 is 0. The molecular weight excluding hydrogens is 222 g/mol. The first-order valence-corrected chi connectivity index (χ1v) is 6.89. The van der Waals surface area contributed by atoms with E-state index in [0.717, 1.165) is 18.4 Å². The molecule has 1 unspecified atom stereocenters. The average molecular weight is 247 g/mol. The topological polar surface area (TPSA) is 23.5 Å². The van der Waals surface area contributed by atoms with Crippen LogP contribution in [0.1, 0.15) is 48.5 Å². The number of hydrogen-bond acceptors (Lipinski definition) is 2. The third-order valence-electron chi connectivity index (χ3n) is 4.43. The standard InChI is InChI=1S/C16H25NO/c1-12-9-13(2)11-14(10-12)15(18)16(17(3)4)7-5-6-8-16/h9-11,15,18H,5-8H2,1-4H3. The lowest BCUT2D eigenvalue weighted by atomic mass is 9.84. The number of benzene rings is 1. The minimum Gasteiger partial charge on any atom is -0.386 e. The van der Waals surface area contributed by atoms with Crippen LogP contribution < -0.4 is 0 Å². The van der Waals surface area contributed by atoms with E-state index in [9.17, 15) is 5.11 Å². The smallest absolute Gasteiger partial charge is 0.0973 e. The van der Waals surface area contributed by atoms with E-state index >= 15 is 0 Å². The van der Waals surface area contributed by atoms with Crippen LogP contribution >= 0.6 is 0 Å². The summed E-state index contributed by atoms with van der Waals surface area (Å²) in [5, 5.41) is 10.8. The van der Waals surface area contributed by atoms with Crippen molar-refractivity contribution >= 4 is 0 Å². The highest BCUT2D eigenvalue weighted by atomic mass is 16.3. The molecule has 1 fully saturated rings. The molecule has 1 aliphatic rings. The molecule has 1 aromatic carbocycles. The van der Waals surface area contributed by atoms with E-state index in [0.29, 0.717) is 0 Å². The van der Waals surface area contributed by atoms with Crippen molar-refractivity contribution in [1.82, 2.24) is 4.90 Å². The van der Waals surface area contributed by atoms with E-state index in [1.54, 1.807) is 0 Å². The minimum absolute atomic E-state index is 0.0692. The van der Waals surface area contributed by atoms with Crippen LogP contribution in [0, 0.1) is 13.8 Å². The third kappa shape index (κ3) is 2.32. The number of rotatable bonds is 3. The molecule has 1 saturated carbocycles. The van der Waals surface area contributed by atoms with E-state index < -0.39 is 0 Å². The van der Waals surface area contributed by atoms with E-state index in [4.69, 9.17) is 0 Å². The molecule has 1 aliphatic carbocycles. The lowest BCUT2D eigenvalue weighted by Crippen LogP contribution is -2.47. The summed E-state index contributed by atoms with van der Waals surface area (Å²) in [4.78, 5) is 2.22. The highest BCUT2D eigenvalue weighted by Crippen LogP contribution is 2.43. The molecule has 0 spiro atoms. The van der Waals surface area contributed by atoms with Crippen LogP contribution in [-0.4, -0.2) is 29.6 Å². The van der Waals surface area contributed by atoms with Crippen molar-refractivity contribution in [3.8, 4) is 0 Å². The molecule has 18 heavy (non-hydrogen) atoms.